The summed E-state index contributed by atoms with van der Waals surface area (Å²) >= 11 is 0. The quantitative estimate of drug-likeness (QED) is 0.180. The Labute approximate surface area is 231 Å². The van der Waals surface area contributed by atoms with Crippen molar-refractivity contribution in [3.05, 3.63) is 71.0 Å². The van der Waals surface area contributed by atoms with Crippen LogP contribution in [0.3, 0.4) is 0 Å². The molecule has 39 heavy (non-hydrogen) atoms. The van der Waals surface area contributed by atoms with E-state index in [1.54, 1.807) is 12.1 Å². The first kappa shape index (κ1) is 29.4. The van der Waals surface area contributed by atoms with E-state index in [0.717, 1.165) is 49.1 Å². The van der Waals surface area contributed by atoms with Crippen LogP contribution in [0, 0.1) is 5.92 Å². The van der Waals surface area contributed by atoms with E-state index >= 15 is 0 Å². The number of rotatable bonds is 15. The normalized spacial score (nSPS) is 15.2. The van der Waals surface area contributed by atoms with Crippen LogP contribution in [0.15, 0.2) is 53.1 Å². The molecule has 1 unspecified atom stereocenters. The molecule has 0 amide bonds. The molecule has 1 aromatic heterocycles. The summed E-state index contributed by atoms with van der Waals surface area (Å²) in [7, 11) is 0. The summed E-state index contributed by atoms with van der Waals surface area (Å²) in [6.07, 6.45) is 13.6. The minimum Gasteiger partial charge on any atom is -0.334 e. The summed E-state index contributed by atoms with van der Waals surface area (Å²) < 4.78 is 44.8. The molecule has 1 atom stereocenters. The zero-order valence-corrected chi connectivity index (χ0v) is 23.3. The lowest BCUT2D eigenvalue weighted by molar-refractivity contribution is -0.137. The molecule has 0 spiro atoms. The molecule has 2 aromatic carbocycles. The van der Waals surface area contributed by atoms with Crippen molar-refractivity contribution in [2.24, 2.45) is 5.92 Å². The van der Waals surface area contributed by atoms with Crippen LogP contribution in [-0.2, 0) is 19.0 Å². The van der Waals surface area contributed by atoms with Crippen LogP contribution in [0.1, 0.15) is 119 Å². The molecule has 1 aliphatic carbocycles. The zero-order valence-electron chi connectivity index (χ0n) is 23.3. The highest BCUT2D eigenvalue weighted by Gasteiger charge is 2.31. The molecule has 0 radical (unpaired) electrons. The fraction of sp³-hybridized carbons (Fsp3) is 0.576. The van der Waals surface area contributed by atoms with E-state index in [9.17, 15) is 13.2 Å². The molecule has 0 bridgehead atoms. The molecule has 4 rings (SSSR count). The number of hydrogen-bond donors (Lipinski definition) is 0. The van der Waals surface area contributed by atoms with E-state index in [1.807, 2.05) is 12.1 Å². The minimum atomic E-state index is -4.31. The number of aromatic nitrogens is 2. The average molecular weight is 541 g/mol. The van der Waals surface area contributed by atoms with Crippen LogP contribution < -0.4 is 0 Å². The van der Waals surface area contributed by atoms with Crippen LogP contribution in [0.4, 0.5) is 13.2 Å². The molecular weight excluding hydrogens is 497 g/mol. The van der Waals surface area contributed by atoms with Crippen molar-refractivity contribution in [3.8, 4) is 11.5 Å². The molecule has 212 valence electrons. The maximum Gasteiger partial charge on any atom is 0.416 e. The van der Waals surface area contributed by atoms with E-state index in [4.69, 9.17) is 4.52 Å². The first-order valence-electron chi connectivity index (χ1n) is 15.0. The van der Waals surface area contributed by atoms with Crippen LogP contribution in [0.5, 0.6) is 0 Å². The fourth-order valence-electron chi connectivity index (χ4n) is 5.94. The van der Waals surface area contributed by atoms with Crippen molar-refractivity contribution in [1.82, 2.24) is 10.1 Å². The topological polar surface area (TPSA) is 38.9 Å². The second-order valence-corrected chi connectivity index (χ2v) is 11.3. The van der Waals surface area contributed by atoms with Crippen LogP contribution in [0.25, 0.3) is 11.5 Å². The third-order valence-electron chi connectivity index (χ3n) is 8.26. The molecule has 1 heterocycles. The van der Waals surface area contributed by atoms with Gasteiger partial charge in [0.05, 0.1) is 5.56 Å². The molecule has 3 nitrogen and oxygen atoms in total. The van der Waals surface area contributed by atoms with Gasteiger partial charge in [0, 0.05) is 12.0 Å². The van der Waals surface area contributed by atoms with Crippen LogP contribution in [-0.4, -0.2) is 10.1 Å². The van der Waals surface area contributed by atoms with E-state index < -0.39 is 11.7 Å². The van der Waals surface area contributed by atoms with Gasteiger partial charge < -0.3 is 4.52 Å². The van der Waals surface area contributed by atoms with Gasteiger partial charge in [-0.15, -0.1) is 0 Å². The van der Waals surface area contributed by atoms with E-state index in [1.165, 1.54) is 81.9 Å². The van der Waals surface area contributed by atoms with Crippen molar-refractivity contribution in [3.63, 3.8) is 0 Å². The molecule has 0 aliphatic heterocycles. The van der Waals surface area contributed by atoms with Gasteiger partial charge in [0.2, 0.25) is 0 Å². The van der Waals surface area contributed by atoms with E-state index in [0.29, 0.717) is 11.8 Å². The largest absolute Gasteiger partial charge is 0.416 e. The molecule has 1 aliphatic rings. The van der Waals surface area contributed by atoms with Gasteiger partial charge in [-0.25, -0.2) is 0 Å². The number of halogens is 3. The summed E-state index contributed by atoms with van der Waals surface area (Å²) in [5.41, 5.74) is 2.48. The summed E-state index contributed by atoms with van der Waals surface area (Å²) in [5, 5.41) is 4.18. The van der Waals surface area contributed by atoms with E-state index in [-0.39, 0.29) is 5.92 Å². The monoisotopic (exact) mass is 540 g/mol. The molecule has 0 saturated heterocycles. The Morgan fingerprint density at radius 2 is 1.44 bits per heavy atom. The molecule has 0 N–H and O–H groups in total. The molecule has 3 aromatic rings. The van der Waals surface area contributed by atoms with Gasteiger partial charge in [0.25, 0.3) is 5.89 Å². The van der Waals surface area contributed by atoms with Crippen molar-refractivity contribution in [2.75, 3.05) is 0 Å². The van der Waals surface area contributed by atoms with Crippen LogP contribution >= 0.6 is 0 Å². The standard InChI is InChI=1S/C33H43F3N2O/c1-2-3-4-5-6-7-8-9-10-15-31-37-32(39-38-31)28-18-16-25(17-19-28)24-30(26-13-11-12-14-26)27-20-22-29(23-21-27)33(34,35)36/h16-23,26,30H,2-15,24H2,1H3. The first-order valence-corrected chi connectivity index (χ1v) is 15.0. The summed E-state index contributed by atoms with van der Waals surface area (Å²) in [5.74, 6) is 2.02. The van der Waals surface area contributed by atoms with Gasteiger partial charge in [-0.05, 0) is 72.9 Å². The van der Waals surface area contributed by atoms with Crippen LogP contribution in [0.2, 0.25) is 0 Å². The molecule has 1 fully saturated rings. The van der Waals surface area contributed by atoms with Gasteiger partial charge in [0.1, 0.15) is 0 Å². The number of unbranched alkanes of at least 4 members (excludes halogenated alkanes) is 8. The highest BCUT2D eigenvalue weighted by atomic mass is 19.4. The Hall–Kier alpha value is -2.63. The van der Waals surface area contributed by atoms with Crippen molar-refractivity contribution >= 4 is 0 Å². The highest BCUT2D eigenvalue weighted by Crippen LogP contribution is 2.40. The minimum absolute atomic E-state index is 0.215. The van der Waals surface area contributed by atoms with Gasteiger partial charge >= 0.3 is 6.18 Å². The third kappa shape index (κ3) is 8.94. The molecule has 1 saturated carbocycles. The van der Waals surface area contributed by atoms with Crippen molar-refractivity contribution in [1.29, 1.82) is 0 Å². The maximum atomic E-state index is 13.1. The predicted octanol–water partition coefficient (Wildman–Crippen LogP) is 10.3. The number of alkyl halides is 3. The summed E-state index contributed by atoms with van der Waals surface area (Å²) in [6, 6.07) is 14.0. The van der Waals surface area contributed by atoms with Gasteiger partial charge in [0.15, 0.2) is 5.82 Å². The first-order chi connectivity index (χ1) is 18.9. The van der Waals surface area contributed by atoms with Gasteiger partial charge in [-0.2, -0.15) is 18.2 Å². The van der Waals surface area contributed by atoms with Crippen molar-refractivity contribution in [2.45, 2.75) is 115 Å². The predicted molar refractivity (Wildman–Crippen MR) is 151 cm³/mol. The molecular formula is C33H43F3N2O. The number of aryl methyl sites for hydroxylation is 1. The molecule has 6 heteroatoms. The lowest BCUT2D eigenvalue weighted by atomic mass is 9.80. The smallest absolute Gasteiger partial charge is 0.334 e. The maximum absolute atomic E-state index is 13.1. The Morgan fingerprint density at radius 3 is 2.05 bits per heavy atom. The summed E-state index contributed by atoms with van der Waals surface area (Å²) in [6.45, 7) is 2.25. The Bertz CT molecular complexity index is 1100. The third-order valence-corrected chi connectivity index (χ3v) is 8.26. The lowest BCUT2D eigenvalue weighted by Crippen LogP contribution is -2.14. The number of hydrogen-bond acceptors (Lipinski definition) is 3. The Morgan fingerprint density at radius 1 is 0.821 bits per heavy atom. The average Bonchev–Trinajstić information content (AvgIpc) is 3.64. The van der Waals surface area contributed by atoms with E-state index in [2.05, 4.69) is 29.2 Å². The SMILES string of the molecule is CCCCCCCCCCCc1noc(-c2ccc(CC(c3ccc(C(F)(F)F)cc3)C3CCCC3)cc2)n1. The lowest BCUT2D eigenvalue weighted by Gasteiger charge is -2.25. The van der Waals surface area contributed by atoms with Gasteiger partial charge in [-0.1, -0.05) is 101 Å². The highest BCUT2D eigenvalue weighted by molar-refractivity contribution is 5.53. The zero-order chi connectivity index (χ0) is 27.5. The fourth-order valence-corrected chi connectivity index (χ4v) is 5.94. The van der Waals surface area contributed by atoms with Crippen molar-refractivity contribution < 1.29 is 17.7 Å². The van der Waals surface area contributed by atoms with Gasteiger partial charge in [-0.3, -0.25) is 0 Å². The number of nitrogens with zero attached hydrogens (tertiary/aromatic N) is 2. The second kappa shape index (κ2) is 14.7. The summed E-state index contributed by atoms with van der Waals surface area (Å²) in [4.78, 5) is 4.61. The number of benzene rings is 2. The Kier molecular flexibility index (Phi) is 11.0. The Balaban J connectivity index is 1.30. The second-order valence-electron chi connectivity index (χ2n) is 11.3.